The third-order valence-corrected chi connectivity index (χ3v) is 4.92. The first kappa shape index (κ1) is 12.5. The molecule has 0 aromatic heterocycles. The molecule has 0 amide bonds. The van der Waals surface area contributed by atoms with Gasteiger partial charge in [-0.25, -0.2) is 0 Å². The Morgan fingerprint density at radius 3 is 2.35 bits per heavy atom. The predicted octanol–water partition coefficient (Wildman–Crippen LogP) is 4.78. The molecule has 1 heteroatoms. The van der Waals surface area contributed by atoms with Crippen molar-refractivity contribution in [1.29, 1.82) is 0 Å². The van der Waals surface area contributed by atoms with Gasteiger partial charge in [0.15, 0.2) is 0 Å². The van der Waals surface area contributed by atoms with Crippen LogP contribution in [0.5, 0.6) is 0 Å². The fraction of sp³-hybridized carbons (Fsp3) is 0.625. The Hall–Kier alpha value is -0.980. The minimum absolute atomic E-state index is 0.300. The Labute approximate surface area is 105 Å². The van der Waals surface area contributed by atoms with Gasteiger partial charge >= 0.3 is 0 Å². The maximum absolute atomic E-state index is 9.89. The molecule has 2 aliphatic carbocycles. The van der Waals surface area contributed by atoms with Gasteiger partial charge in [-0.2, -0.15) is 0 Å². The van der Waals surface area contributed by atoms with Crippen LogP contribution < -0.4 is 0 Å². The molecule has 0 heterocycles. The van der Waals surface area contributed by atoms with Crippen molar-refractivity contribution in [2.24, 2.45) is 17.3 Å². The van der Waals surface area contributed by atoms with Crippen LogP contribution in [-0.2, 0) is 0 Å². The molecule has 0 radical (unpaired) electrons. The molecule has 0 bridgehead atoms. The third-order valence-electron chi connectivity index (χ3n) is 4.92. The Balaban J connectivity index is 2.24. The van der Waals surface area contributed by atoms with Crippen molar-refractivity contribution < 1.29 is 5.11 Å². The Kier molecular flexibility index (Phi) is 2.97. The minimum atomic E-state index is 0.300. The number of rotatable bonds is 1. The van der Waals surface area contributed by atoms with Crippen LogP contribution in [0.4, 0.5) is 0 Å². The summed E-state index contributed by atoms with van der Waals surface area (Å²) in [6.07, 6.45) is 6.86. The molecule has 1 unspecified atom stereocenters. The van der Waals surface area contributed by atoms with Crippen LogP contribution in [0, 0.1) is 17.3 Å². The Bertz CT molecular complexity index is 421. The number of hydrogen-bond acceptors (Lipinski definition) is 1. The zero-order valence-corrected chi connectivity index (χ0v) is 11.7. The van der Waals surface area contributed by atoms with E-state index < -0.39 is 0 Å². The van der Waals surface area contributed by atoms with Gasteiger partial charge in [0.05, 0.1) is 0 Å². The van der Waals surface area contributed by atoms with Gasteiger partial charge in [-0.15, -0.1) is 0 Å². The predicted molar refractivity (Wildman–Crippen MR) is 72.8 cm³/mol. The summed E-state index contributed by atoms with van der Waals surface area (Å²) in [5.74, 6) is 1.77. The molecule has 94 valence electrons. The summed E-state index contributed by atoms with van der Waals surface area (Å²) in [7, 11) is 0. The topological polar surface area (TPSA) is 20.2 Å². The number of allylic oxidation sites excluding steroid dienone is 5. The van der Waals surface area contributed by atoms with Crippen LogP contribution in [0.15, 0.2) is 34.6 Å². The molecule has 0 aromatic carbocycles. The zero-order chi connectivity index (χ0) is 12.8. The molecule has 1 N–H and O–H groups in total. The fourth-order valence-corrected chi connectivity index (χ4v) is 3.37. The second-order valence-corrected chi connectivity index (χ2v) is 6.30. The van der Waals surface area contributed by atoms with E-state index in [1.165, 1.54) is 12.0 Å². The highest BCUT2D eigenvalue weighted by Crippen LogP contribution is 2.49. The van der Waals surface area contributed by atoms with Crippen molar-refractivity contribution in [3.05, 3.63) is 34.6 Å². The van der Waals surface area contributed by atoms with Gasteiger partial charge in [-0.05, 0) is 62.0 Å². The van der Waals surface area contributed by atoms with E-state index in [0.29, 0.717) is 23.0 Å². The van der Waals surface area contributed by atoms with E-state index >= 15 is 0 Å². The van der Waals surface area contributed by atoms with Crippen molar-refractivity contribution in [3.63, 3.8) is 0 Å². The first-order chi connectivity index (χ1) is 7.84. The molecule has 0 spiro atoms. The quantitative estimate of drug-likeness (QED) is 0.645. The van der Waals surface area contributed by atoms with Gasteiger partial charge in [0.1, 0.15) is 5.76 Å². The van der Waals surface area contributed by atoms with Crippen LogP contribution >= 0.6 is 0 Å². The minimum Gasteiger partial charge on any atom is -0.508 e. The van der Waals surface area contributed by atoms with Crippen molar-refractivity contribution in [2.75, 3.05) is 0 Å². The molecule has 2 aliphatic rings. The van der Waals surface area contributed by atoms with Crippen LogP contribution in [0.1, 0.15) is 47.5 Å². The molecule has 0 saturated carbocycles. The van der Waals surface area contributed by atoms with Crippen molar-refractivity contribution >= 4 is 0 Å². The van der Waals surface area contributed by atoms with Crippen molar-refractivity contribution in [1.82, 2.24) is 0 Å². The maximum Gasteiger partial charge on any atom is 0.117 e. The highest BCUT2D eigenvalue weighted by molar-refractivity contribution is 5.34. The Morgan fingerprint density at radius 1 is 1.24 bits per heavy atom. The fourth-order valence-electron chi connectivity index (χ4n) is 3.37. The van der Waals surface area contributed by atoms with Crippen LogP contribution in [0.3, 0.4) is 0 Å². The van der Waals surface area contributed by atoms with E-state index in [-0.39, 0.29) is 0 Å². The van der Waals surface area contributed by atoms with Crippen LogP contribution in [0.25, 0.3) is 0 Å². The molecular formula is C16H24O. The number of aliphatic hydroxyl groups excluding tert-OH is 1. The second-order valence-electron chi connectivity index (χ2n) is 6.30. The normalized spacial score (nSPS) is 32.5. The van der Waals surface area contributed by atoms with Gasteiger partial charge in [-0.3, -0.25) is 0 Å². The average molecular weight is 232 g/mol. The van der Waals surface area contributed by atoms with E-state index in [1.54, 1.807) is 0 Å². The zero-order valence-electron chi connectivity index (χ0n) is 11.7. The lowest BCUT2D eigenvalue weighted by atomic mass is 9.68. The third kappa shape index (κ3) is 1.96. The monoisotopic (exact) mass is 232 g/mol. The van der Waals surface area contributed by atoms with Crippen LogP contribution in [-0.4, -0.2) is 5.11 Å². The van der Waals surface area contributed by atoms with Gasteiger partial charge in [0, 0.05) is 0 Å². The number of hydrogen-bond donors (Lipinski definition) is 1. The maximum atomic E-state index is 9.89. The largest absolute Gasteiger partial charge is 0.508 e. The lowest BCUT2D eigenvalue weighted by Crippen LogP contribution is -2.28. The van der Waals surface area contributed by atoms with Gasteiger partial charge in [-0.1, -0.05) is 31.6 Å². The molecule has 1 nitrogen and oxygen atoms in total. The smallest absolute Gasteiger partial charge is 0.117 e. The first-order valence-electron chi connectivity index (χ1n) is 6.58. The molecule has 0 fully saturated rings. The molecule has 0 aliphatic heterocycles. The van der Waals surface area contributed by atoms with E-state index in [4.69, 9.17) is 0 Å². The molecule has 2 rings (SSSR count). The molecule has 17 heavy (non-hydrogen) atoms. The van der Waals surface area contributed by atoms with E-state index in [1.807, 2.05) is 6.92 Å². The Morgan fingerprint density at radius 2 is 1.88 bits per heavy atom. The number of aliphatic hydroxyl groups is 1. The summed E-state index contributed by atoms with van der Waals surface area (Å²) in [6, 6.07) is 0. The van der Waals surface area contributed by atoms with Gasteiger partial charge in [0.25, 0.3) is 0 Å². The second kappa shape index (κ2) is 4.04. The summed E-state index contributed by atoms with van der Waals surface area (Å²) in [6.45, 7) is 11.0. The van der Waals surface area contributed by atoms with Crippen LogP contribution in [0.2, 0.25) is 0 Å². The van der Waals surface area contributed by atoms with Crippen molar-refractivity contribution in [2.45, 2.75) is 47.5 Å². The van der Waals surface area contributed by atoms with Gasteiger partial charge < -0.3 is 5.11 Å². The summed E-state index contributed by atoms with van der Waals surface area (Å²) in [5.41, 5.74) is 4.02. The summed E-state index contributed by atoms with van der Waals surface area (Å²) >= 11 is 0. The SMILES string of the molecule is CC1=CC([C@H]2CC=C(C)C2(C)C)CC(C)=C1O. The van der Waals surface area contributed by atoms with Crippen molar-refractivity contribution in [3.8, 4) is 0 Å². The first-order valence-corrected chi connectivity index (χ1v) is 6.58. The highest BCUT2D eigenvalue weighted by atomic mass is 16.3. The van der Waals surface area contributed by atoms with Gasteiger partial charge in [0.2, 0.25) is 0 Å². The standard InChI is InChI=1S/C16H24O/c1-10-8-13(9-11(2)15(10)17)14-7-6-12(3)16(14,4)5/h6,8,13-14,17H,7,9H2,1-5H3/t13?,14-/m1/s1. The summed E-state index contributed by atoms with van der Waals surface area (Å²) in [4.78, 5) is 0. The molecular weight excluding hydrogens is 208 g/mol. The van der Waals surface area contributed by atoms with E-state index in [0.717, 1.165) is 17.6 Å². The lowest BCUT2D eigenvalue weighted by molar-refractivity contribution is 0.221. The summed E-state index contributed by atoms with van der Waals surface area (Å²) < 4.78 is 0. The average Bonchev–Trinajstić information content (AvgIpc) is 2.50. The van der Waals surface area contributed by atoms with E-state index in [2.05, 4.69) is 39.8 Å². The molecule has 0 aromatic rings. The van der Waals surface area contributed by atoms with E-state index in [9.17, 15) is 5.11 Å². The highest BCUT2D eigenvalue weighted by Gasteiger charge is 2.40. The molecule has 0 saturated heterocycles. The summed E-state index contributed by atoms with van der Waals surface area (Å²) in [5, 5.41) is 9.89. The molecule has 2 atom stereocenters. The lowest BCUT2D eigenvalue weighted by Gasteiger charge is -2.36.